The molecule has 0 aliphatic carbocycles. The normalized spacial score (nSPS) is 9.62. The van der Waals surface area contributed by atoms with Crippen LogP contribution in [0, 0.1) is 0 Å². The van der Waals surface area contributed by atoms with E-state index in [1.165, 1.54) is 0 Å². The van der Waals surface area contributed by atoms with Gasteiger partial charge in [-0.2, -0.15) is 5.10 Å². The van der Waals surface area contributed by atoms with Gasteiger partial charge in [-0.05, 0) is 6.42 Å². The van der Waals surface area contributed by atoms with Crippen molar-refractivity contribution in [3.05, 3.63) is 12.4 Å². The van der Waals surface area contributed by atoms with Gasteiger partial charge in [0.15, 0.2) is 0 Å². The van der Waals surface area contributed by atoms with Gasteiger partial charge < -0.3 is 10.6 Å². The molecule has 5 heteroatoms. The van der Waals surface area contributed by atoms with E-state index < -0.39 is 0 Å². The van der Waals surface area contributed by atoms with Crippen molar-refractivity contribution in [2.75, 3.05) is 11.9 Å². The second-order valence-corrected chi connectivity index (χ2v) is 2.72. The van der Waals surface area contributed by atoms with Gasteiger partial charge in [-0.3, -0.25) is 5.10 Å². The number of anilines is 1. The fourth-order valence-corrected chi connectivity index (χ4v) is 0.873. The predicted octanol–water partition coefficient (Wildman–Crippen LogP) is 1.33. The Kier molecular flexibility index (Phi) is 3.81. The second-order valence-electron chi connectivity index (χ2n) is 2.72. The third-order valence-corrected chi connectivity index (χ3v) is 1.57. The number of rotatable bonds is 4. The van der Waals surface area contributed by atoms with E-state index in [0.29, 0.717) is 12.2 Å². The van der Waals surface area contributed by atoms with Gasteiger partial charge in [0.25, 0.3) is 0 Å². The molecule has 3 N–H and O–H groups in total. The zero-order valence-corrected chi connectivity index (χ0v) is 7.63. The number of unbranched alkanes of at least 4 members (excludes halogenated alkanes) is 1. The third kappa shape index (κ3) is 3.59. The summed E-state index contributed by atoms with van der Waals surface area (Å²) in [6, 6.07) is -0.185. The minimum atomic E-state index is -0.185. The highest BCUT2D eigenvalue weighted by molar-refractivity contribution is 5.88. The van der Waals surface area contributed by atoms with Gasteiger partial charge >= 0.3 is 6.03 Å². The molecule has 1 heterocycles. The first-order valence-corrected chi connectivity index (χ1v) is 4.36. The van der Waals surface area contributed by atoms with Crippen molar-refractivity contribution >= 4 is 11.7 Å². The molecule has 1 aromatic rings. The summed E-state index contributed by atoms with van der Waals surface area (Å²) < 4.78 is 0. The fraction of sp³-hybridized carbons (Fsp3) is 0.500. The lowest BCUT2D eigenvalue weighted by molar-refractivity contribution is 0.252. The number of nitrogens with one attached hydrogen (secondary N) is 3. The number of carbonyl (C=O) groups excluding carboxylic acids is 1. The quantitative estimate of drug-likeness (QED) is 0.615. The average molecular weight is 182 g/mol. The van der Waals surface area contributed by atoms with Crippen LogP contribution in [0.3, 0.4) is 0 Å². The van der Waals surface area contributed by atoms with Gasteiger partial charge in [0.05, 0.1) is 11.9 Å². The summed E-state index contributed by atoms with van der Waals surface area (Å²) in [5.74, 6) is 0. The van der Waals surface area contributed by atoms with Crippen LogP contribution >= 0.6 is 0 Å². The number of aromatic amines is 1. The van der Waals surface area contributed by atoms with Crippen LogP contribution in [0.2, 0.25) is 0 Å². The largest absolute Gasteiger partial charge is 0.338 e. The van der Waals surface area contributed by atoms with Crippen LogP contribution in [0.4, 0.5) is 10.5 Å². The lowest BCUT2D eigenvalue weighted by atomic mass is 10.3. The molecule has 0 atom stereocenters. The molecule has 0 aliphatic rings. The van der Waals surface area contributed by atoms with Crippen LogP contribution < -0.4 is 10.6 Å². The lowest BCUT2D eigenvalue weighted by Crippen LogP contribution is -2.29. The summed E-state index contributed by atoms with van der Waals surface area (Å²) in [5.41, 5.74) is 0.675. The Balaban J connectivity index is 2.18. The molecule has 13 heavy (non-hydrogen) atoms. The van der Waals surface area contributed by atoms with E-state index in [9.17, 15) is 4.79 Å². The maximum Gasteiger partial charge on any atom is 0.319 e. The summed E-state index contributed by atoms with van der Waals surface area (Å²) >= 11 is 0. The minimum absolute atomic E-state index is 0.185. The van der Waals surface area contributed by atoms with Crippen LogP contribution in [0.5, 0.6) is 0 Å². The maximum atomic E-state index is 11.1. The highest BCUT2D eigenvalue weighted by atomic mass is 16.2. The Morgan fingerprint density at radius 1 is 1.69 bits per heavy atom. The van der Waals surface area contributed by atoms with Crippen LogP contribution in [0.25, 0.3) is 0 Å². The van der Waals surface area contributed by atoms with Crippen molar-refractivity contribution in [2.45, 2.75) is 19.8 Å². The molecule has 0 aromatic carbocycles. The van der Waals surface area contributed by atoms with Crippen molar-refractivity contribution in [1.29, 1.82) is 0 Å². The highest BCUT2D eigenvalue weighted by Gasteiger charge is 1.99. The van der Waals surface area contributed by atoms with E-state index in [1.807, 2.05) is 0 Å². The lowest BCUT2D eigenvalue weighted by Gasteiger charge is -2.03. The second kappa shape index (κ2) is 5.18. The molecular weight excluding hydrogens is 168 g/mol. The molecule has 72 valence electrons. The fourth-order valence-electron chi connectivity index (χ4n) is 0.873. The Labute approximate surface area is 76.9 Å². The Morgan fingerprint density at radius 2 is 2.54 bits per heavy atom. The molecule has 0 radical (unpaired) electrons. The van der Waals surface area contributed by atoms with Gasteiger partial charge in [-0.15, -0.1) is 0 Å². The molecule has 0 unspecified atom stereocenters. The summed E-state index contributed by atoms with van der Waals surface area (Å²) in [7, 11) is 0. The van der Waals surface area contributed by atoms with Crippen molar-refractivity contribution in [3.8, 4) is 0 Å². The number of H-pyrrole nitrogens is 1. The highest BCUT2D eigenvalue weighted by Crippen LogP contribution is 1.99. The molecule has 0 bridgehead atoms. The molecule has 1 aromatic heterocycles. The van der Waals surface area contributed by atoms with Crippen molar-refractivity contribution in [2.24, 2.45) is 0 Å². The molecule has 1 rings (SSSR count). The molecule has 0 aliphatic heterocycles. The Morgan fingerprint density at radius 3 is 3.15 bits per heavy atom. The zero-order valence-electron chi connectivity index (χ0n) is 7.63. The molecular formula is C8H14N4O. The van der Waals surface area contributed by atoms with E-state index >= 15 is 0 Å². The van der Waals surface area contributed by atoms with Gasteiger partial charge in [-0.1, -0.05) is 13.3 Å². The number of aromatic nitrogens is 2. The van der Waals surface area contributed by atoms with E-state index in [2.05, 4.69) is 27.8 Å². The summed E-state index contributed by atoms with van der Waals surface area (Å²) in [6.45, 7) is 2.79. The van der Waals surface area contributed by atoms with E-state index in [1.54, 1.807) is 12.4 Å². The number of amides is 2. The van der Waals surface area contributed by atoms with E-state index in [-0.39, 0.29) is 6.03 Å². The molecule has 5 nitrogen and oxygen atoms in total. The summed E-state index contributed by atoms with van der Waals surface area (Å²) in [5, 5.41) is 11.7. The van der Waals surface area contributed by atoms with Crippen molar-refractivity contribution < 1.29 is 4.79 Å². The Hall–Kier alpha value is -1.52. The molecule has 0 fully saturated rings. The molecule has 0 saturated heterocycles. The minimum Gasteiger partial charge on any atom is -0.338 e. The smallest absolute Gasteiger partial charge is 0.319 e. The monoisotopic (exact) mass is 182 g/mol. The zero-order chi connectivity index (χ0) is 9.52. The number of hydrogen-bond donors (Lipinski definition) is 3. The first kappa shape index (κ1) is 9.57. The van der Waals surface area contributed by atoms with E-state index in [0.717, 1.165) is 12.8 Å². The SMILES string of the molecule is CCCCNC(=O)Nc1cn[nH]c1. The van der Waals surface area contributed by atoms with E-state index in [4.69, 9.17) is 0 Å². The standard InChI is InChI=1S/C8H14N4O/c1-2-3-4-9-8(13)12-7-5-10-11-6-7/h5-6H,2-4H2,1H3,(H,10,11)(H2,9,12,13). The molecule has 2 amide bonds. The van der Waals surface area contributed by atoms with Crippen LogP contribution in [-0.2, 0) is 0 Å². The summed E-state index contributed by atoms with van der Waals surface area (Å²) in [4.78, 5) is 11.1. The van der Waals surface area contributed by atoms with Crippen LogP contribution in [0.15, 0.2) is 12.4 Å². The first-order valence-electron chi connectivity index (χ1n) is 4.36. The third-order valence-electron chi connectivity index (χ3n) is 1.57. The number of urea groups is 1. The topological polar surface area (TPSA) is 69.8 Å². The average Bonchev–Trinajstić information content (AvgIpc) is 2.57. The van der Waals surface area contributed by atoms with Gasteiger partial charge in [-0.25, -0.2) is 4.79 Å². The van der Waals surface area contributed by atoms with Gasteiger partial charge in [0.1, 0.15) is 0 Å². The predicted molar refractivity (Wildman–Crippen MR) is 50.5 cm³/mol. The number of carbonyl (C=O) groups is 1. The number of nitrogens with zero attached hydrogens (tertiary/aromatic N) is 1. The van der Waals surface area contributed by atoms with Crippen molar-refractivity contribution in [3.63, 3.8) is 0 Å². The first-order chi connectivity index (χ1) is 6.33. The Bertz CT molecular complexity index is 245. The maximum absolute atomic E-state index is 11.1. The van der Waals surface area contributed by atoms with Gasteiger partial charge in [0.2, 0.25) is 0 Å². The van der Waals surface area contributed by atoms with Crippen molar-refractivity contribution in [1.82, 2.24) is 15.5 Å². The molecule has 0 spiro atoms. The molecule has 0 saturated carbocycles. The number of hydrogen-bond acceptors (Lipinski definition) is 2. The van der Waals surface area contributed by atoms with Crippen LogP contribution in [0.1, 0.15) is 19.8 Å². The van der Waals surface area contributed by atoms with Crippen LogP contribution in [-0.4, -0.2) is 22.8 Å². The van der Waals surface area contributed by atoms with Gasteiger partial charge in [0, 0.05) is 12.7 Å². The summed E-state index contributed by atoms with van der Waals surface area (Å²) in [6.07, 6.45) is 5.25.